The van der Waals surface area contributed by atoms with Crippen LogP contribution in [-0.2, 0) is 11.3 Å². The number of hydrogen-bond donors (Lipinski definition) is 2. The number of amides is 1. The largest absolute Gasteiger partial charge is 0.508 e. The molecule has 2 aromatic carbocycles. The maximum Gasteiger partial charge on any atom is 0.221 e. The number of rotatable bonds is 6. The topological polar surface area (TPSA) is 75.1 Å². The molecule has 0 bridgehead atoms. The van der Waals surface area contributed by atoms with Crippen LogP contribution in [0.25, 0.3) is 0 Å². The summed E-state index contributed by atoms with van der Waals surface area (Å²) in [4.78, 5) is 21.0. The second-order valence-electron chi connectivity index (χ2n) is 6.30. The highest BCUT2D eigenvalue weighted by Gasteiger charge is 2.21. The molecule has 0 fully saturated rings. The van der Waals surface area contributed by atoms with Crippen LogP contribution in [0.3, 0.4) is 0 Å². The summed E-state index contributed by atoms with van der Waals surface area (Å²) in [6.07, 6.45) is 3.52. The van der Waals surface area contributed by atoms with E-state index in [9.17, 15) is 9.90 Å². The van der Waals surface area contributed by atoms with E-state index in [-0.39, 0.29) is 24.0 Å². The van der Waals surface area contributed by atoms with Gasteiger partial charge < -0.3 is 10.4 Å². The minimum absolute atomic E-state index is 0.134. The summed E-state index contributed by atoms with van der Waals surface area (Å²) in [6, 6.07) is 14.3. The molecular weight excluding hydrogens is 362 g/mol. The van der Waals surface area contributed by atoms with Gasteiger partial charge in [-0.15, -0.1) is 0 Å². The van der Waals surface area contributed by atoms with E-state index in [1.807, 2.05) is 31.2 Å². The highest BCUT2D eigenvalue weighted by atomic mass is 35.5. The van der Waals surface area contributed by atoms with E-state index in [1.54, 1.807) is 36.7 Å². The average molecular weight is 382 g/mol. The van der Waals surface area contributed by atoms with Gasteiger partial charge in [-0.1, -0.05) is 41.9 Å². The van der Waals surface area contributed by atoms with Crippen LogP contribution in [0, 0.1) is 6.92 Å². The number of nitrogens with one attached hydrogen (secondary N) is 1. The van der Waals surface area contributed by atoms with E-state index < -0.39 is 0 Å². The molecule has 0 radical (unpaired) electrons. The molecule has 0 aliphatic carbocycles. The van der Waals surface area contributed by atoms with E-state index >= 15 is 0 Å². The minimum Gasteiger partial charge on any atom is -0.508 e. The predicted octanol–water partition coefficient (Wildman–Crippen LogP) is 3.98. The summed E-state index contributed by atoms with van der Waals surface area (Å²) < 4.78 is 0. The molecule has 1 atom stereocenters. The number of aromatic nitrogens is 2. The van der Waals surface area contributed by atoms with E-state index in [0.717, 1.165) is 16.8 Å². The molecule has 3 rings (SSSR count). The van der Waals surface area contributed by atoms with Crippen molar-refractivity contribution >= 4 is 17.5 Å². The van der Waals surface area contributed by atoms with Crippen molar-refractivity contribution in [1.82, 2.24) is 15.3 Å². The monoisotopic (exact) mass is 381 g/mol. The number of nitrogens with zero attached hydrogens (tertiary/aromatic N) is 2. The molecule has 0 spiro atoms. The minimum atomic E-state index is -0.269. The second-order valence-corrected chi connectivity index (χ2v) is 6.71. The Kier molecular flexibility index (Phi) is 6.04. The van der Waals surface area contributed by atoms with E-state index in [4.69, 9.17) is 11.6 Å². The Balaban J connectivity index is 1.78. The lowest BCUT2D eigenvalue weighted by Gasteiger charge is -2.19. The highest BCUT2D eigenvalue weighted by molar-refractivity contribution is 6.31. The molecule has 0 aliphatic rings. The van der Waals surface area contributed by atoms with Gasteiger partial charge in [0.15, 0.2) is 0 Å². The molecular formula is C21H20ClN3O2. The molecule has 5 nitrogen and oxygen atoms in total. The number of carbonyl (C=O) groups excluding carboxylic acids is 1. The Labute approximate surface area is 163 Å². The summed E-state index contributed by atoms with van der Waals surface area (Å²) in [7, 11) is 0. The van der Waals surface area contributed by atoms with Crippen molar-refractivity contribution in [2.75, 3.05) is 0 Å². The fourth-order valence-corrected chi connectivity index (χ4v) is 3.13. The molecule has 2 N–H and O–H groups in total. The zero-order chi connectivity index (χ0) is 19.2. The van der Waals surface area contributed by atoms with Gasteiger partial charge in [-0.05, 0) is 36.2 Å². The van der Waals surface area contributed by atoms with Gasteiger partial charge >= 0.3 is 0 Å². The van der Waals surface area contributed by atoms with Crippen molar-refractivity contribution < 1.29 is 9.90 Å². The van der Waals surface area contributed by atoms with Crippen LogP contribution >= 0.6 is 11.6 Å². The Bertz CT molecular complexity index is 929. The summed E-state index contributed by atoms with van der Waals surface area (Å²) in [6.45, 7) is 2.17. The molecule has 138 valence electrons. The number of phenolic OH excluding ortho intramolecular Hbond substituents is 1. The number of phenols is 1. The van der Waals surface area contributed by atoms with E-state index in [1.165, 1.54) is 0 Å². The number of aryl methyl sites for hydroxylation is 1. The first-order chi connectivity index (χ1) is 13.0. The first-order valence-electron chi connectivity index (χ1n) is 8.60. The van der Waals surface area contributed by atoms with Crippen LogP contribution in [0.2, 0.25) is 5.02 Å². The Hall–Kier alpha value is -2.92. The summed E-state index contributed by atoms with van der Waals surface area (Å²) in [5.41, 5.74) is 3.19. The van der Waals surface area contributed by atoms with E-state index in [0.29, 0.717) is 17.3 Å². The average Bonchev–Trinajstić information content (AvgIpc) is 2.66. The third-order valence-electron chi connectivity index (χ3n) is 4.24. The molecule has 1 amide bonds. The number of benzene rings is 2. The quantitative estimate of drug-likeness (QED) is 0.677. The van der Waals surface area contributed by atoms with Gasteiger partial charge in [0.05, 0.1) is 24.1 Å². The Morgan fingerprint density at radius 2 is 1.96 bits per heavy atom. The second kappa shape index (κ2) is 8.64. The number of aromatic hydroxyl groups is 1. The van der Waals surface area contributed by atoms with Crippen molar-refractivity contribution in [2.45, 2.75) is 25.8 Å². The summed E-state index contributed by atoms with van der Waals surface area (Å²) in [5.74, 6) is -0.250. The lowest BCUT2D eigenvalue weighted by atomic mass is 9.88. The molecule has 3 aromatic rings. The lowest BCUT2D eigenvalue weighted by Crippen LogP contribution is -2.25. The van der Waals surface area contributed by atoms with Gasteiger partial charge in [0.2, 0.25) is 5.91 Å². The highest BCUT2D eigenvalue weighted by Crippen LogP contribution is 2.34. The molecule has 0 unspecified atom stereocenters. The van der Waals surface area contributed by atoms with Gasteiger partial charge in [0.25, 0.3) is 0 Å². The van der Waals surface area contributed by atoms with Gasteiger partial charge in [-0.3, -0.25) is 14.8 Å². The Morgan fingerprint density at radius 3 is 2.67 bits per heavy atom. The van der Waals surface area contributed by atoms with Crippen LogP contribution in [0.5, 0.6) is 5.75 Å². The summed E-state index contributed by atoms with van der Waals surface area (Å²) >= 11 is 6.37. The maximum absolute atomic E-state index is 12.6. The van der Waals surface area contributed by atoms with Crippen LogP contribution in [0.1, 0.15) is 34.9 Å². The van der Waals surface area contributed by atoms with Crippen molar-refractivity contribution in [3.63, 3.8) is 0 Å². The molecule has 0 aliphatic heterocycles. The molecule has 6 heteroatoms. The van der Waals surface area contributed by atoms with Crippen LogP contribution in [0.4, 0.5) is 0 Å². The van der Waals surface area contributed by atoms with Crippen LogP contribution in [0.15, 0.2) is 60.9 Å². The van der Waals surface area contributed by atoms with Crippen LogP contribution in [-0.4, -0.2) is 21.0 Å². The number of carbonyl (C=O) groups is 1. The SMILES string of the molecule is Cc1cnc(CNC(=O)C[C@H](c2cccc(O)c2)c2ccccc2Cl)cn1. The van der Waals surface area contributed by atoms with Gasteiger partial charge in [0, 0.05) is 23.6 Å². The fraction of sp³-hybridized carbons (Fsp3) is 0.190. The standard InChI is InChI=1S/C21H20ClN3O2/c1-14-11-24-16(12-23-14)13-25-21(27)10-19(15-5-4-6-17(26)9-15)18-7-2-3-8-20(18)22/h2-9,11-12,19,26H,10,13H2,1H3,(H,25,27)/t19-/m1/s1. The molecule has 1 heterocycles. The van der Waals surface area contributed by atoms with Gasteiger partial charge in [-0.25, -0.2) is 0 Å². The zero-order valence-corrected chi connectivity index (χ0v) is 15.6. The first-order valence-corrected chi connectivity index (χ1v) is 8.98. The first kappa shape index (κ1) is 18.9. The number of hydrogen-bond acceptors (Lipinski definition) is 4. The molecule has 27 heavy (non-hydrogen) atoms. The third-order valence-corrected chi connectivity index (χ3v) is 4.59. The van der Waals surface area contributed by atoms with Crippen molar-refractivity contribution in [3.05, 3.63) is 88.5 Å². The normalized spacial score (nSPS) is 11.8. The van der Waals surface area contributed by atoms with Gasteiger partial charge in [-0.2, -0.15) is 0 Å². The molecule has 0 saturated heterocycles. The fourth-order valence-electron chi connectivity index (χ4n) is 2.86. The summed E-state index contributed by atoms with van der Waals surface area (Å²) in [5, 5.41) is 13.3. The smallest absolute Gasteiger partial charge is 0.221 e. The number of halogens is 1. The van der Waals surface area contributed by atoms with Crippen LogP contribution < -0.4 is 5.32 Å². The molecule has 0 saturated carbocycles. The van der Waals surface area contributed by atoms with Crippen molar-refractivity contribution in [2.24, 2.45) is 0 Å². The zero-order valence-electron chi connectivity index (χ0n) is 14.9. The third kappa shape index (κ3) is 5.05. The van der Waals surface area contributed by atoms with E-state index in [2.05, 4.69) is 15.3 Å². The van der Waals surface area contributed by atoms with Crippen molar-refractivity contribution in [3.8, 4) is 5.75 Å². The lowest BCUT2D eigenvalue weighted by molar-refractivity contribution is -0.121. The van der Waals surface area contributed by atoms with Gasteiger partial charge in [0.1, 0.15) is 5.75 Å². The Morgan fingerprint density at radius 1 is 1.15 bits per heavy atom. The molecule has 1 aromatic heterocycles. The van der Waals surface area contributed by atoms with Crippen molar-refractivity contribution in [1.29, 1.82) is 0 Å². The maximum atomic E-state index is 12.6. The predicted molar refractivity (Wildman–Crippen MR) is 105 cm³/mol.